The van der Waals surface area contributed by atoms with Gasteiger partial charge in [-0.2, -0.15) is 4.98 Å². The van der Waals surface area contributed by atoms with Gasteiger partial charge in [0, 0.05) is 55.3 Å². The van der Waals surface area contributed by atoms with E-state index in [2.05, 4.69) is 58.5 Å². The zero-order valence-electron chi connectivity index (χ0n) is 23.3. The molecule has 0 bridgehead atoms. The first-order valence-electron chi connectivity index (χ1n) is 13.2. The largest absolute Gasteiger partial charge is 0.371 e. The third kappa shape index (κ3) is 6.02. The van der Waals surface area contributed by atoms with Crippen molar-refractivity contribution in [3.8, 4) is 0 Å². The lowest BCUT2D eigenvalue weighted by atomic mass is 10.0. The maximum Gasteiger partial charge on any atom is 0.232 e. The molecule has 5 rings (SSSR count). The van der Waals surface area contributed by atoms with Crippen LogP contribution in [0.5, 0.6) is 0 Å². The molecule has 1 N–H and O–H groups in total. The van der Waals surface area contributed by atoms with Crippen molar-refractivity contribution >= 4 is 44.1 Å². The summed E-state index contributed by atoms with van der Waals surface area (Å²) in [6, 6.07) is 16.9. The lowest BCUT2D eigenvalue weighted by molar-refractivity contribution is 0.249. The Bertz CT molecular complexity index is 1560. The Balaban J connectivity index is 1.33. The van der Waals surface area contributed by atoms with Crippen LogP contribution in [0, 0.1) is 6.92 Å². The molecule has 1 fully saturated rings. The van der Waals surface area contributed by atoms with Gasteiger partial charge in [-0.05, 0) is 75.8 Å². The minimum atomic E-state index is -3.39. The van der Waals surface area contributed by atoms with E-state index in [4.69, 9.17) is 4.98 Å². The lowest BCUT2D eigenvalue weighted by Crippen LogP contribution is -2.41. The lowest BCUT2D eigenvalue weighted by Gasteiger charge is -2.36. The van der Waals surface area contributed by atoms with Gasteiger partial charge in [0.2, 0.25) is 16.0 Å². The summed E-state index contributed by atoms with van der Waals surface area (Å²) in [5, 5.41) is 4.26. The van der Waals surface area contributed by atoms with Gasteiger partial charge in [0.15, 0.2) is 0 Å². The molecule has 10 heteroatoms. The number of aromatic nitrogens is 3. The summed E-state index contributed by atoms with van der Waals surface area (Å²) in [5.74, 6) is 0.514. The molecule has 0 aliphatic carbocycles. The highest BCUT2D eigenvalue weighted by Crippen LogP contribution is 2.27. The van der Waals surface area contributed by atoms with Crippen molar-refractivity contribution in [2.24, 2.45) is 0 Å². The molecule has 39 heavy (non-hydrogen) atoms. The predicted octanol–water partition coefficient (Wildman–Crippen LogP) is 4.46. The van der Waals surface area contributed by atoms with Gasteiger partial charge in [-0.1, -0.05) is 17.7 Å². The number of aryl methyl sites for hydroxylation is 1. The van der Waals surface area contributed by atoms with Crippen LogP contribution >= 0.6 is 0 Å². The smallest absolute Gasteiger partial charge is 0.232 e. The number of rotatable bonds is 8. The fraction of sp³-hybridized carbons (Fsp3) is 0.379. The molecule has 0 spiro atoms. The van der Waals surface area contributed by atoms with Crippen LogP contribution in [0.15, 0.2) is 60.9 Å². The highest BCUT2D eigenvalue weighted by molar-refractivity contribution is 7.92. The molecule has 0 saturated carbocycles. The molecule has 1 aliphatic heterocycles. The Labute approximate surface area is 231 Å². The van der Waals surface area contributed by atoms with Crippen LogP contribution in [-0.4, -0.2) is 74.4 Å². The Morgan fingerprint density at radius 1 is 1.03 bits per heavy atom. The summed E-state index contributed by atoms with van der Waals surface area (Å²) in [6.45, 7) is 4.61. The summed E-state index contributed by atoms with van der Waals surface area (Å²) >= 11 is 0. The molecule has 4 aromatic rings. The third-order valence-corrected chi connectivity index (χ3v) is 8.79. The van der Waals surface area contributed by atoms with Crippen molar-refractivity contribution in [1.29, 1.82) is 0 Å². The van der Waals surface area contributed by atoms with Crippen molar-refractivity contribution in [1.82, 2.24) is 19.4 Å². The molecular formula is C29H37N7O2S. The zero-order valence-corrected chi connectivity index (χ0v) is 24.1. The number of nitrogens with zero attached hydrogens (tertiary/aromatic N) is 6. The maximum absolute atomic E-state index is 12.2. The van der Waals surface area contributed by atoms with Gasteiger partial charge in [0.25, 0.3) is 0 Å². The topological polar surface area (TPSA) is 86.6 Å². The molecule has 206 valence electrons. The molecule has 9 nitrogen and oxygen atoms in total. The molecule has 0 amide bonds. The van der Waals surface area contributed by atoms with Gasteiger partial charge >= 0.3 is 0 Å². The van der Waals surface area contributed by atoms with Gasteiger partial charge in [-0.15, -0.1) is 0 Å². The van der Waals surface area contributed by atoms with E-state index in [9.17, 15) is 8.42 Å². The van der Waals surface area contributed by atoms with Crippen LogP contribution in [0.4, 0.5) is 23.0 Å². The number of piperidine rings is 1. The summed E-state index contributed by atoms with van der Waals surface area (Å²) < 4.78 is 27.8. The van der Waals surface area contributed by atoms with E-state index in [1.54, 1.807) is 7.05 Å². The summed E-state index contributed by atoms with van der Waals surface area (Å²) in [7, 11) is 2.52. The number of nitrogens with one attached hydrogen (secondary N) is 1. The average molecular weight is 548 g/mol. The van der Waals surface area contributed by atoms with Gasteiger partial charge < -0.3 is 19.7 Å². The number of hydrogen-bond donors (Lipinski definition) is 1. The van der Waals surface area contributed by atoms with Crippen LogP contribution in [0.2, 0.25) is 0 Å². The first-order chi connectivity index (χ1) is 18.6. The molecule has 1 saturated heterocycles. The van der Waals surface area contributed by atoms with E-state index in [0.29, 0.717) is 24.2 Å². The van der Waals surface area contributed by atoms with E-state index in [1.165, 1.54) is 29.1 Å². The van der Waals surface area contributed by atoms with Gasteiger partial charge in [-0.25, -0.2) is 13.4 Å². The molecule has 2 aromatic carbocycles. The summed E-state index contributed by atoms with van der Waals surface area (Å²) in [4.78, 5) is 14.1. The van der Waals surface area contributed by atoms with E-state index in [1.807, 2.05) is 48.1 Å². The highest BCUT2D eigenvalue weighted by Gasteiger charge is 2.21. The second-order valence-corrected chi connectivity index (χ2v) is 12.6. The SMILES string of the molecule is Cc1ccc(N(C)S(C)(=O)=O)c(Cn2ccc3cnc(Nc4ccc(N5CCC(N(C)C)CC5)cc4)nc32)c1. The van der Waals surface area contributed by atoms with Crippen LogP contribution in [0.25, 0.3) is 11.0 Å². The van der Waals surface area contributed by atoms with Crippen molar-refractivity contribution < 1.29 is 8.42 Å². The fourth-order valence-electron chi connectivity index (χ4n) is 5.19. The fourth-order valence-corrected chi connectivity index (χ4v) is 5.73. The molecular weight excluding hydrogens is 510 g/mol. The molecule has 3 heterocycles. The third-order valence-electron chi connectivity index (χ3n) is 7.60. The first kappa shape index (κ1) is 27.0. The van der Waals surface area contributed by atoms with E-state index in [-0.39, 0.29) is 0 Å². The second-order valence-electron chi connectivity index (χ2n) is 10.6. The number of anilines is 4. The minimum Gasteiger partial charge on any atom is -0.371 e. The first-order valence-corrected chi connectivity index (χ1v) is 15.1. The van der Waals surface area contributed by atoms with E-state index < -0.39 is 10.0 Å². The van der Waals surface area contributed by atoms with Crippen LogP contribution < -0.4 is 14.5 Å². The standard InChI is InChI=1S/C29H37N7O2S/c1-21-6-11-27(34(4)39(5,37)38)23(18-21)20-36-15-12-22-19-30-29(32-28(22)36)31-24-7-9-26(10-8-24)35-16-13-25(14-17-35)33(2)3/h6-12,15,18-19,25H,13-14,16-17,20H2,1-5H3,(H,30,31,32). The van der Waals surface area contributed by atoms with Crippen molar-refractivity contribution in [2.45, 2.75) is 32.4 Å². The van der Waals surface area contributed by atoms with Crippen molar-refractivity contribution in [3.63, 3.8) is 0 Å². The maximum atomic E-state index is 12.2. The number of fused-ring (bicyclic) bond motifs is 1. The van der Waals surface area contributed by atoms with Crippen LogP contribution in [-0.2, 0) is 16.6 Å². The molecule has 1 aliphatic rings. The molecule has 2 aromatic heterocycles. The highest BCUT2D eigenvalue weighted by atomic mass is 32.2. The molecule has 0 atom stereocenters. The predicted molar refractivity (Wildman–Crippen MR) is 160 cm³/mol. The average Bonchev–Trinajstić information content (AvgIpc) is 3.30. The van der Waals surface area contributed by atoms with Crippen molar-refractivity contribution in [2.75, 3.05) is 55.0 Å². The van der Waals surface area contributed by atoms with E-state index in [0.717, 1.165) is 40.9 Å². The number of hydrogen-bond acceptors (Lipinski definition) is 7. The summed E-state index contributed by atoms with van der Waals surface area (Å²) in [6.07, 6.45) is 7.34. The van der Waals surface area contributed by atoms with Gasteiger partial charge in [-0.3, -0.25) is 4.31 Å². The Hall–Kier alpha value is -3.63. The minimum absolute atomic E-state index is 0.482. The van der Waals surface area contributed by atoms with Crippen LogP contribution in [0.3, 0.4) is 0 Å². The van der Waals surface area contributed by atoms with Gasteiger partial charge in [0.1, 0.15) is 5.65 Å². The van der Waals surface area contributed by atoms with E-state index >= 15 is 0 Å². The number of sulfonamides is 1. The Kier molecular flexibility index (Phi) is 7.51. The normalized spacial score (nSPS) is 14.8. The monoisotopic (exact) mass is 547 g/mol. The Morgan fingerprint density at radius 2 is 1.74 bits per heavy atom. The quantitative estimate of drug-likeness (QED) is 0.349. The van der Waals surface area contributed by atoms with Gasteiger partial charge in [0.05, 0.1) is 18.5 Å². The second kappa shape index (κ2) is 10.9. The Morgan fingerprint density at radius 3 is 2.41 bits per heavy atom. The van der Waals surface area contributed by atoms with Crippen LogP contribution in [0.1, 0.15) is 24.0 Å². The zero-order chi connectivity index (χ0) is 27.7. The summed E-state index contributed by atoms with van der Waals surface area (Å²) in [5.41, 5.74) is 5.56. The van der Waals surface area contributed by atoms with Crippen molar-refractivity contribution in [3.05, 3.63) is 72.1 Å². The number of benzene rings is 2. The molecule has 0 unspecified atom stereocenters. The molecule has 0 radical (unpaired) electrons.